The molecule has 4 aliphatic carbocycles. The molecule has 1 N–H and O–H groups in total. The van der Waals surface area contributed by atoms with E-state index in [9.17, 15) is 9.90 Å². The second kappa shape index (κ2) is 8.99. The summed E-state index contributed by atoms with van der Waals surface area (Å²) in [7, 11) is 0. The van der Waals surface area contributed by atoms with Crippen molar-refractivity contribution < 1.29 is 9.90 Å². The van der Waals surface area contributed by atoms with Gasteiger partial charge in [-0.3, -0.25) is 4.79 Å². The minimum absolute atomic E-state index is 0.109. The lowest BCUT2D eigenvalue weighted by molar-refractivity contribution is -0.133. The highest BCUT2D eigenvalue weighted by molar-refractivity contribution is 5.76. The third-order valence-electron chi connectivity index (χ3n) is 11.7. The predicted molar refractivity (Wildman–Crippen MR) is 135 cm³/mol. The topological polar surface area (TPSA) is 40.5 Å². The first kappa shape index (κ1) is 23.9. The number of hydrogen-bond donors (Lipinski definition) is 1. The molecule has 3 heteroatoms. The van der Waals surface area contributed by atoms with Gasteiger partial charge >= 0.3 is 0 Å². The fourth-order valence-electron chi connectivity index (χ4n) is 9.74. The smallest absolute Gasteiger partial charge is 0.222 e. The molecular formula is C30H49NO2. The van der Waals surface area contributed by atoms with Gasteiger partial charge in [0.2, 0.25) is 5.91 Å². The van der Waals surface area contributed by atoms with Gasteiger partial charge in [0.05, 0.1) is 6.10 Å². The summed E-state index contributed by atoms with van der Waals surface area (Å²) in [6.45, 7) is 11.9. The van der Waals surface area contributed by atoms with Gasteiger partial charge < -0.3 is 10.0 Å². The van der Waals surface area contributed by atoms with E-state index in [4.69, 9.17) is 0 Å². The minimum Gasteiger partial charge on any atom is -0.393 e. The van der Waals surface area contributed by atoms with Gasteiger partial charge in [0.25, 0.3) is 0 Å². The third-order valence-corrected chi connectivity index (χ3v) is 11.7. The quantitative estimate of drug-likeness (QED) is 0.485. The van der Waals surface area contributed by atoms with Crippen molar-refractivity contribution in [2.45, 2.75) is 111 Å². The van der Waals surface area contributed by atoms with Gasteiger partial charge in [0.1, 0.15) is 0 Å². The van der Waals surface area contributed by atoms with Gasteiger partial charge in [-0.2, -0.15) is 0 Å². The lowest BCUT2D eigenvalue weighted by atomic mass is 9.47. The fourth-order valence-corrected chi connectivity index (χ4v) is 9.74. The summed E-state index contributed by atoms with van der Waals surface area (Å²) in [5.41, 5.74) is 2.38. The Morgan fingerprint density at radius 3 is 2.76 bits per heavy atom. The Balaban J connectivity index is 1.24. The van der Waals surface area contributed by atoms with Crippen molar-refractivity contribution in [3.05, 3.63) is 11.6 Å². The lowest BCUT2D eigenvalue weighted by Crippen LogP contribution is -2.50. The largest absolute Gasteiger partial charge is 0.393 e. The van der Waals surface area contributed by atoms with E-state index in [1.165, 1.54) is 51.4 Å². The van der Waals surface area contributed by atoms with Crippen molar-refractivity contribution in [3.8, 4) is 0 Å². The van der Waals surface area contributed by atoms with Crippen LogP contribution in [0.2, 0.25) is 0 Å². The van der Waals surface area contributed by atoms with Crippen LogP contribution < -0.4 is 0 Å². The maximum Gasteiger partial charge on any atom is 0.222 e. The Hall–Kier alpha value is -0.830. The molecule has 4 fully saturated rings. The molecule has 0 aromatic carbocycles. The zero-order valence-electron chi connectivity index (χ0n) is 21.8. The van der Waals surface area contributed by atoms with Crippen molar-refractivity contribution in [1.82, 2.24) is 4.90 Å². The maximum atomic E-state index is 12.9. The number of allylic oxidation sites excluding steroid dienone is 1. The summed E-state index contributed by atoms with van der Waals surface area (Å²) in [5.74, 6) is 5.02. The molecule has 0 bridgehead atoms. The number of nitrogens with zero attached hydrogens (tertiary/aromatic N) is 1. The Morgan fingerprint density at radius 1 is 1.15 bits per heavy atom. The molecule has 0 aromatic rings. The highest BCUT2D eigenvalue weighted by atomic mass is 16.3. The number of aliphatic hydroxyl groups is 1. The van der Waals surface area contributed by atoms with E-state index < -0.39 is 0 Å². The van der Waals surface area contributed by atoms with Crippen molar-refractivity contribution in [2.75, 3.05) is 13.1 Å². The van der Waals surface area contributed by atoms with Crippen LogP contribution in [-0.4, -0.2) is 35.1 Å². The van der Waals surface area contributed by atoms with Crippen LogP contribution in [0.1, 0.15) is 105 Å². The van der Waals surface area contributed by atoms with Gasteiger partial charge in [-0.05, 0) is 117 Å². The van der Waals surface area contributed by atoms with Crippen LogP contribution in [0.25, 0.3) is 0 Å². The minimum atomic E-state index is -0.109. The first-order valence-electron chi connectivity index (χ1n) is 14.4. The Morgan fingerprint density at radius 2 is 1.97 bits per heavy atom. The third kappa shape index (κ3) is 4.13. The summed E-state index contributed by atoms with van der Waals surface area (Å²) in [6, 6.07) is 0. The molecule has 5 aliphatic rings. The van der Waals surface area contributed by atoms with Gasteiger partial charge in [0, 0.05) is 19.5 Å². The molecule has 1 aliphatic heterocycles. The number of carbonyl (C=O) groups is 1. The molecule has 1 heterocycles. The second-order valence-corrected chi connectivity index (χ2v) is 13.5. The number of carbonyl (C=O) groups excluding carboxylic acids is 1. The lowest BCUT2D eigenvalue weighted by Gasteiger charge is -2.58. The van der Waals surface area contributed by atoms with Crippen LogP contribution >= 0.6 is 0 Å². The van der Waals surface area contributed by atoms with E-state index in [0.29, 0.717) is 28.6 Å². The highest BCUT2D eigenvalue weighted by Gasteiger charge is 2.59. The zero-order chi connectivity index (χ0) is 23.4. The fraction of sp³-hybridized carbons (Fsp3) is 0.900. The van der Waals surface area contributed by atoms with Gasteiger partial charge in [-0.25, -0.2) is 0 Å². The molecule has 3 nitrogen and oxygen atoms in total. The number of aliphatic hydroxyl groups excluding tert-OH is 1. The molecule has 33 heavy (non-hydrogen) atoms. The molecule has 3 saturated carbocycles. The normalized spacial score (nSPS) is 46.1. The monoisotopic (exact) mass is 455 g/mol. The van der Waals surface area contributed by atoms with Crippen LogP contribution in [0, 0.1) is 46.3 Å². The van der Waals surface area contributed by atoms with E-state index in [2.05, 4.69) is 38.7 Å². The summed E-state index contributed by atoms with van der Waals surface area (Å²) in [6.07, 6.45) is 16.6. The molecule has 1 saturated heterocycles. The van der Waals surface area contributed by atoms with Crippen LogP contribution in [0.4, 0.5) is 0 Å². The Bertz CT molecular complexity index is 775. The molecule has 0 radical (unpaired) electrons. The molecule has 0 aromatic heterocycles. The molecule has 186 valence electrons. The van der Waals surface area contributed by atoms with Crippen LogP contribution in [0.15, 0.2) is 11.6 Å². The van der Waals surface area contributed by atoms with Crippen molar-refractivity contribution >= 4 is 5.91 Å². The summed E-state index contributed by atoms with van der Waals surface area (Å²) >= 11 is 0. The molecule has 0 spiro atoms. The molecule has 5 rings (SSSR count). The average Bonchev–Trinajstić information content (AvgIpc) is 3.15. The first-order valence-corrected chi connectivity index (χ1v) is 14.4. The number of hydrogen-bond acceptors (Lipinski definition) is 2. The van der Waals surface area contributed by atoms with Crippen molar-refractivity contribution in [3.63, 3.8) is 0 Å². The molecule has 9 atom stereocenters. The number of likely N-dealkylation sites (tertiary alicyclic amines) is 1. The van der Waals surface area contributed by atoms with E-state index in [0.717, 1.165) is 62.4 Å². The van der Waals surface area contributed by atoms with Crippen molar-refractivity contribution in [1.29, 1.82) is 0 Å². The molecular weight excluding hydrogens is 406 g/mol. The zero-order valence-corrected chi connectivity index (χ0v) is 21.8. The van der Waals surface area contributed by atoms with E-state index in [1.807, 2.05) is 0 Å². The van der Waals surface area contributed by atoms with Crippen LogP contribution in [-0.2, 0) is 4.79 Å². The Labute approximate surface area is 202 Å². The van der Waals surface area contributed by atoms with Gasteiger partial charge in [0.15, 0.2) is 0 Å². The standard InChI is InChI=1S/C30H49NO2/c1-20-6-5-17-31(19-20)28(33)12-7-21(2)25-10-11-26-24-9-8-22-18-23(32)13-15-29(22,3)27(24)14-16-30(25,26)4/h8,20-21,23-27,32H,5-7,9-19H2,1-4H3/t20-,21?,23-,24-,25+,26-,27-,29-,30+/m0/s1. The number of amides is 1. The predicted octanol–water partition coefficient (Wildman–Crippen LogP) is 6.60. The maximum absolute atomic E-state index is 12.9. The summed E-state index contributed by atoms with van der Waals surface area (Å²) in [5, 5.41) is 10.3. The highest BCUT2D eigenvalue weighted by Crippen LogP contribution is 2.67. The Kier molecular flexibility index (Phi) is 6.51. The van der Waals surface area contributed by atoms with E-state index in [-0.39, 0.29) is 6.10 Å². The first-order chi connectivity index (χ1) is 15.7. The van der Waals surface area contributed by atoms with Gasteiger partial charge in [-0.15, -0.1) is 0 Å². The van der Waals surface area contributed by atoms with Crippen molar-refractivity contribution in [2.24, 2.45) is 46.3 Å². The van der Waals surface area contributed by atoms with Crippen LogP contribution in [0.5, 0.6) is 0 Å². The average molecular weight is 456 g/mol. The summed E-state index contributed by atoms with van der Waals surface area (Å²) in [4.78, 5) is 15.1. The SMILES string of the molecule is CC(CCC(=O)N1CCC[C@H](C)C1)[C@H]1CC[C@H]2[C@@H]3CC=C4C[C@@H](O)CC[C@]4(C)[C@H]3CC[C@]12C. The molecule has 1 unspecified atom stereocenters. The number of rotatable bonds is 4. The number of fused-ring (bicyclic) bond motifs is 5. The summed E-state index contributed by atoms with van der Waals surface area (Å²) < 4.78 is 0. The molecule has 1 amide bonds. The van der Waals surface area contributed by atoms with E-state index >= 15 is 0 Å². The second-order valence-electron chi connectivity index (χ2n) is 13.5. The number of piperidine rings is 1. The van der Waals surface area contributed by atoms with Gasteiger partial charge in [-0.1, -0.05) is 39.3 Å². The van der Waals surface area contributed by atoms with Crippen LogP contribution in [0.3, 0.4) is 0 Å². The van der Waals surface area contributed by atoms with E-state index in [1.54, 1.807) is 5.57 Å².